The van der Waals surface area contributed by atoms with Crippen molar-refractivity contribution >= 4 is 73.7 Å². The maximum atomic E-state index is 13.2. The minimum absolute atomic E-state index is 0.0127. The lowest BCUT2D eigenvalue weighted by atomic mass is 9.80. The van der Waals surface area contributed by atoms with E-state index in [-0.39, 0.29) is 12.3 Å². The molecule has 1 aliphatic heterocycles. The Morgan fingerprint density at radius 2 is 1.64 bits per heavy atom. The van der Waals surface area contributed by atoms with Crippen LogP contribution >= 0.6 is 45.2 Å². The number of para-hydroxylation sites is 1. The Morgan fingerprint density at radius 1 is 1.03 bits per heavy atom. The normalized spacial score (nSPS) is 16.0. The van der Waals surface area contributed by atoms with Gasteiger partial charge in [0.2, 0.25) is 0 Å². The summed E-state index contributed by atoms with van der Waals surface area (Å²) < 4.78 is 18.6. The first kappa shape index (κ1) is 27.4. The van der Waals surface area contributed by atoms with Crippen LogP contribution in [0.5, 0.6) is 5.75 Å². The highest BCUT2D eigenvalue weighted by Crippen LogP contribution is 2.43. The highest BCUT2D eigenvalue weighted by Gasteiger charge is 2.48. The van der Waals surface area contributed by atoms with Crippen molar-refractivity contribution in [1.29, 1.82) is 0 Å². The molecule has 0 unspecified atom stereocenters. The maximum Gasteiger partial charge on any atom is 0.324 e. The minimum Gasteiger partial charge on any atom is -0.487 e. The Balaban J connectivity index is 1.52. The number of rotatable bonds is 7. The van der Waals surface area contributed by atoms with Gasteiger partial charge in [0, 0.05) is 49.0 Å². The molecular formula is C28H22I2N2O7. The summed E-state index contributed by atoms with van der Waals surface area (Å²) in [5.41, 5.74) is 3.18. The molecule has 1 aliphatic rings. The average Bonchev–Trinajstić information content (AvgIpc) is 3.29. The van der Waals surface area contributed by atoms with Crippen LogP contribution in [-0.4, -0.2) is 27.6 Å². The molecule has 4 aromatic rings. The van der Waals surface area contributed by atoms with Gasteiger partial charge in [-0.25, -0.2) is 0 Å². The fraction of sp³-hybridized carbons (Fsp3) is 0.214. The van der Waals surface area contributed by atoms with Gasteiger partial charge < -0.3 is 19.2 Å². The number of carbonyl (C=O) groups excluding carboxylic acids is 2. The number of nitrogens with zero attached hydrogens (tertiary/aromatic N) is 1. The van der Waals surface area contributed by atoms with Gasteiger partial charge in [0.1, 0.15) is 12.4 Å². The SMILES string of the molecule is CC1(C)OC(=O)C([C@@H](c2cc(I)c(OCc3ccc([N+](=O)[O-])cc3)c(I)c2)c2c[nH]c3ccccc23)C(=O)O1. The number of benzene rings is 3. The molecule has 1 saturated heterocycles. The molecule has 1 aromatic heterocycles. The van der Waals surface area contributed by atoms with Crippen LogP contribution in [0.15, 0.2) is 66.9 Å². The highest BCUT2D eigenvalue weighted by molar-refractivity contribution is 14.1. The number of hydrogen-bond donors (Lipinski definition) is 1. The number of halogens is 2. The molecule has 0 radical (unpaired) electrons. The number of nitro groups is 1. The summed E-state index contributed by atoms with van der Waals surface area (Å²) in [5, 5.41) is 11.8. The third kappa shape index (κ3) is 5.60. The fourth-order valence-electron chi connectivity index (χ4n) is 4.67. The van der Waals surface area contributed by atoms with Gasteiger partial charge in [-0.05, 0) is 92.2 Å². The zero-order valence-electron chi connectivity index (χ0n) is 20.8. The molecule has 200 valence electrons. The summed E-state index contributed by atoms with van der Waals surface area (Å²) in [6, 6.07) is 17.6. The number of nitrogens with one attached hydrogen (secondary N) is 1. The number of non-ortho nitro benzene ring substituents is 1. The van der Waals surface area contributed by atoms with Gasteiger partial charge in [0.05, 0.1) is 12.1 Å². The second-order valence-electron chi connectivity index (χ2n) is 9.51. The summed E-state index contributed by atoms with van der Waals surface area (Å²) in [6.45, 7) is 3.27. The van der Waals surface area contributed by atoms with Gasteiger partial charge in [-0.15, -0.1) is 0 Å². The van der Waals surface area contributed by atoms with Crippen LogP contribution in [0.2, 0.25) is 0 Å². The molecule has 0 aliphatic carbocycles. The summed E-state index contributed by atoms with van der Waals surface area (Å²) >= 11 is 4.33. The van der Waals surface area contributed by atoms with E-state index in [1.54, 1.807) is 12.1 Å². The van der Waals surface area contributed by atoms with Crippen LogP contribution in [-0.2, 0) is 25.7 Å². The van der Waals surface area contributed by atoms with E-state index in [0.29, 0.717) is 5.75 Å². The van der Waals surface area contributed by atoms with Gasteiger partial charge in [-0.1, -0.05) is 18.2 Å². The predicted octanol–water partition coefficient (Wildman–Crippen LogP) is 6.45. The number of carbonyl (C=O) groups is 2. The molecule has 0 amide bonds. The number of fused-ring (bicyclic) bond motifs is 1. The molecule has 39 heavy (non-hydrogen) atoms. The van der Waals surface area contributed by atoms with Crippen LogP contribution in [0, 0.1) is 23.2 Å². The average molecular weight is 752 g/mol. The van der Waals surface area contributed by atoms with E-state index < -0.39 is 34.5 Å². The Bertz CT molecular complexity index is 1550. The van der Waals surface area contributed by atoms with Crippen LogP contribution < -0.4 is 4.74 Å². The lowest BCUT2D eigenvalue weighted by Gasteiger charge is -2.36. The molecule has 2 heterocycles. The van der Waals surface area contributed by atoms with Crippen molar-refractivity contribution in [1.82, 2.24) is 4.98 Å². The predicted molar refractivity (Wildman–Crippen MR) is 159 cm³/mol. The zero-order chi connectivity index (χ0) is 27.9. The molecule has 1 fully saturated rings. The van der Waals surface area contributed by atoms with E-state index in [4.69, 9.17) is 14.2 Å². The van der Waals surface area contributed by atoms with E-state index in [0.717, 1.165) is 34.7 Å². The first-order valence-corrected chi connectivity index (χ1v) is 14.1. The molecule has 5 rings (SSSR count). The monoisotopic (exact) mass is 752 g/mol. The zero-order valence-corrected chi connectivity index (χ0v) is 25.1. The number of H-pyrrole nitrogens is 1. The third-order valence-electron chi connectivity index (χ3n) is 6.40. The number of cyclic esters (lactones) is 2. The lowest BCUT2D eigenvalue weighted by molar-refractivity contribution is -0.384. The van der Waals surface area contributed by atoms with Crippen molar-refractivity contribution in [3.8, 4) is 5.75 Å². The van der Waals surface area contributed by atoms with Crippen molar-refractivity contribution < 1.29 is 28.7 Å². The molecule has 1 atom stereocenters. The summed E-state index contributed by atoms with van der Waals surface area (Å²) in [6.07, 6.45) is 1.81. The summed E-state index contributed by atoms with van der Waals surface area (Å²) in [4.78, 5) is 40.2. The molecule has 3 aromatic carbocycles. The number of aromatic nitrogens is 1. The van der Waals surface area contributed by atoms with Gasteiger partial charge in [0.15, 0.2) is 5.92 Å². The van der Waals surface area contributed by atoms with E-state index in [9.17, 15) is 19.7 Å². The second-order valence-corrected chi connectivity index (χ2v) is 11.8. The Kier molecular flexibility index (Phi) is 7.55. The number of hydrogen-bond acceptors (Lipinski definition) is 7. The standard InChI is InChI=1S/C28H22I2N2O7/c1-28(2)38-26(33)24(27(34)39-28)23(19-13-31-22-6-4-3-5-18(19)22)16-11-20(29)25(21(30)12-16)37-14-15-7-9-17(10-8-15)32(35)36/h3-13,23-24,31H,14H2,1-2H3/t23-/m0/s1. The fourth-order valence-corrected chi connectivity index (χ4v) is 6.80. The molecule has 11 heteroatoms. The van der Waals surface area contributed by atoms with Crippen molar-refractivity contribution in [2.75, 3.05) is 0 Å². The Labute approximate surface area is 250 Å². The highest BCUT2D eigenvalue weighted by atomic mass is 127. The number of ether oxygens (including phenoxy) is 3. The van der Waals surface area contributed by atoms with Crippen molar-refractivity contribution in [3.63, 3.8) is 0 Å². The molecular weight excluding hydrogens is 730 g/mol. The van der Waals surface area contributed by atoms with Crippen molar-refractivity contribution in [2.24, 2.45) is 5.92 Å². The van der Waals surface area contributed by atoms with E-state index in [1.807, 2.05) is 42.6 Å². The van der Waals surface area contributed by atoms with Crippen LogP contribution in [0.3, 0.4) is 0 Å². The Hall–Kier alpha value is -3.20. The Morgan fingerprint density at radius 3 is 2.26 bits per heavy atom. The number of esters is 2. The van der Waals surface area contributed by atoms with Crippen LogP contribution in [0.1, 0.15) is 36.5 Å². The van der Waals surface area contributed by atoms with E-state index in [1.165, 1.54) is 26.0 Å². The summed E-state index contributed by atoms with van der Waals surface area (Å²) in [7, 11) is 0. The van der Waals surface area contributed by atoms with E-state index >= 15 is 0 Å². The lowest BCUT2D eigenvalue weighted by Crippen LogP contribution is -2.48. The molecule has 1 N–H and O–H groups in total. The smallest absolute Gasteiger partial charge is 0.324 e. The van der Waals surface area contributed by atoms with Gasteiger partial charge >= 0.3 is 11.9 Å². The first-order chi connectivity index (χ1) is 18.5. The maximum absolute atomic E-state index is 13.2. The molecule has 9 nitrogen and oxygen atoms in total. The van der Waals surface area contributed by atoms with Gasteiger partial charge in [-0.2, -0.15) is 0 Å². The van der Waals surface area contributed by atoms with Crippen molar-refractivity contribution in [2.45, 2.75) is 32.2 Å². The molecule has 0 spiro atoms. The van der Waals surface area contributed by atoms with Crippen LogP contribution in [0.25, 0.3) is 10.9 Å². The van der Waals surface area contributed by atoms with E-state index in [2.05, 4.69) is 50.2 Å². The molecule has 0 bridgehead atoms. The largest absolute Gasteiger partial charge is 0.487 e. The third-order valence-corrected chi connectivity index (χ3v) is 8.00. The van der Waals surface area contributed by atoms with Crippen LogP contribution in [0.4, 0.5) is 5.69 Å². The quantitative estimate of drug-likeness (QED) is 0.0758. The number of aromatic amines is 1. The van der Waals surface area contributed by atoms with Crippen molar-refractivity contribution in [3.05, 3.63) is 101 Å². The first-order valence-electron chi connectivity index (χ1n) is 11.9. The molecule has 0 saturated carbocycles. The second kappa shape index (κ2) is 10.8. The number of nitro benzene ring substituents is 1. The minimum atomic E-state index is -1.34. The van der Waals surface area contributed by atoms with Gasteiger partial charge in [-0.3, -0.25) is 19.7 Å². The summed E-state index contributed by atoms with van der Waals surface area (Å²) in [5.74, 6) is -3.87. The van der Waals surface area contributed by atoms with Gasteiger partial charge in [0.25, 0.3) is 11.5 Å². The topological polar surface area (TPSA) is 121 Å².